The van der Waals surface area contributed by atoms with Crippen LogP contribution in [0.1, 0.15) is 30.0 Å². The van der Waals surface area contributed by atoms with E-state index in [0.29, 0.717) is 0 Å². The minimum atomic E-state index is 0.202. The van der Waals surface area contributed by atoms with Gasteiger partial charge < -0.3 is 5.11 Å². The molecular weight excluding hydrogens is 186 g/mol. The molecule has 0 bridgehead atoms. The minimum Gasteiger partial charge on any atom is -0.394 e. The van der Waals surface area contributed by atoms with Crippen LogP contribution in [0.5, 0.6) is 0 Å². The first-order valence-corrected chi connectivity index (χ1v) is 5.73. The lowest BCUT2D eigenvalue weighted by Crippen LogP contribution is -2.28. The molecule has 1 atom stereocenters. The molecule has 1 unspecified atom stereocenters. The van der Waals surface area contributed by atoms with E-state index in [1.807, 2.05) is 0 Å². The Kier molecular flexibility index (Phi) is 3.39. The molecule has 0 saturated carbocycles. The van der Waals surface area contributed by atoms with Crippen LogP contribution in [0.3, 0.4) is 0 Å². The minimum absolute atomic E-state index is 0.202. The average Bonchev–Trinajstić information content (AvgIpc) is 2.75. The van der Waals surface area contributed by atoms with Gasteiger partial charge in [-0.05, 0) is 38.4 Å². The molecule has 0 amide bonds. The Morgan fingerprint density at radius 3 is 2.33 bits per heavy atom. The van der Waals surface area contributed by atoms with Crippen LogP contribution in [-0.2, 0) is 0 Å². The number of aryl methyl sites for hydroxylation is 1. The van der Waals surface area contributed by atoms with Gasteiger partial charge in [0.1, 0.15) is 0 Å². The van der Waals surface area contributed by atoms with Crippen LogP contribution in [0, 0.1) is 6.92 Å². The molecule has 15 heavy (non-hydrogen) atoms. The molecular formula is C13H19NO. The highest BCUT2D eigenvalue weighted by Gasteiger charge is 2.22. The fourth-order valence-electron chi connectivity index (χ4n) is 2.27. The van der Waals surface area contributed by atoms with Crippen LogP contribution >= 0.6 is 0 Å². The second kappa shape index (κ2) is 4.77. The summed E-state index contributed by atoms with van der Waals surface area (Å²) in [5.74, 6) is 0. The standard InChI is InChI=1S/C13H19NO/c1-11-4-6-12(7-5-11)13(10-15)14-8-2-3-9-14/h4-7,13,15H,2-3,8-10H2,1H3. The zero-order valence-electron chi connectivity index (χ0n) is 9.32. The lowest BCUT2D eigenvalue weighted by Gasteiger charge is -2.26. The smallest absolute Gasteiger partial charge is 0.0628 e. The van der Waals surface area contributed by atoms with E-state index < -0.39 is 0 Å². The van der Waals surface area contributed by atoms with Gasteiger partial charge in [-0.3, -0.25) is 4.90 Å². The van der Waals surface area contributed by atoms with Gasteiger partial charge >= 0.3 is 0 Å². The van der Waals surface area contributed by atoms with Crippen LogP contribution in [0.4, 0.5) is 0 Å². The highest BCUT2D eigenvalue weighted by molar-refractivity contribution is 5.24. The summed E-state index contributed by atoms with van der Waals surface area (Å²) in [6.45, 7) is 4.56. The lowest BCUT2D eigenvalue weighted by molar-refractivity contribution is 0.147. The number of benzene rings is 1. The molecule has 1 saturated heterocycles. The normalized spacial score (nSPS) is 19.3. The predicted octanol–water partition coefficient (Wildman–Crippen LogP) is 2.12. The van der Waals surface area contributed by atoms with Crippen molar-refractivity contribution in [2.45, 2.75) is 25.8 Å². The Morgan fingerprint density at radius 1 is 1.20 bits per heavy atom. The summed E-state index contributed by atoms with van der Waals surface area (Å²) in [4.78, 5) is 2.38. The van der Waals surface area contributed by atoms with Crippen molar-refractivity contribution in [1.82, 2.24) is 4.90 Å². The van der Waals surface area contributed by atoms with Crippen molar-refractivity contribution in [2.75, 3.05) is 19.7 Å². The van der Waals surface area contributed by atoms with E-state index in [1.165, 1.54) is 24.0 Å². The number of nitrogens with zero attached hydrogens (tertiary/aromatic N) is 1. The van der Waals surface area contributed by atoms with E-state index in [0.717, 1.165) is 13.1 Å². The third kappa shape index (κ3) is 2.39. The van der Waals surface area contributed by atoms with Crippen molar-refractivity contribution >= 4 is 0 Å². The number of rotatable bonds is 3. The van der Waals surface area contributed by atoms with Gasteiger partial charge in [-0.15, -0.1) is 0 Å². The first kappa shape index (κ1) is 10.7. The number of likely N-dealkylation sites (tertiary alicyclic amines) is 1. The topological polar surface area (TPSA) is 23.5 Å². The van der Waals surface area contributed by atoms with Crippen molar-refractivity contribution < 1.29 is 5.11 Å². The number of aliphatic hydroxyl groups excluding tert-OH is 1. The van der Waals surface area contributed by atoms with Gasteiger partial charge in [-0.25, -0.2) is 0 Å². The van der Waals surface area contributed by atoms with Crippen molar-refractivity contribution in [3.63, 3.8) is 0 Å². The Balaban J connectivity index is 2.14. The predicted molar refractivity (Wildman–Crippen MR) is 61.8 cm³/mol. The van der Waals surface area contributed by atoms with Crippen LogP contribution < -0.4 is 0 Å². The van der Waals surface area contributed by atoms with Crippen LogP contribution in [0.2, 0.25) is 0 Å². The summed E-state index contributed by atoms with van der Waals surface area (Å²) in [6.07, 6.45) is 2.53. The van der Waals surface area contributed by atoms with Gasteiger partial charge in [-0.2, -0.15) is 0 Å². The maximum atomic E-state index is 9.47. The first-order chi connectivity index (χ1) is 7.31. The third-order valence-electron chi connectivity index (χ3n) is 3.22. The van der Waals surface area contributed by atoms with Crippen LogP contribution in [0.15, 0.2) is 24.3 Å². The molecule has 82 valence electrons. The molecule has 0 aromatic heterocycles. The number of hydrogen-bond donors (Lipinski definition) is 1. The van der Waals surface area contributed by atoms with Crippen molar-refractivity contribution in [2.24, 2.45) is 0 Å². The van der Waals surface area contributed by atoms with E-state index >= 15 is 0 Å². The molecule has 1 aliphatic rings. The first-order valence-electron chi connectivity index (χ1n) is 5.73. The Labute approximate surface area is 91.5 Å². The van der Waals surface area contributed by atoms with Crippen molar-refractivity contribution in [3.05, 3.63) is 35.4 Å². The van der Waals surface area contributed by atoms with Gasteiger partial charge in [-0.1, -0.05) is 29.8 Å². The zero-order chi connectivity index (χ0) is 10.7. The fourth-order valence-corrected chi connectivity index (χ4v) is 2.27. The molecule has 2 heteroatoms. The highest BCUT2D eigenvalue weighted by Crippen LogP contribution is 2.24. The lowest BCUT2D eigenvalue weighted by atomic mass is 10.0. The summed E-state index contributed by atoms with van der Waals surface area (Å²) < 4.78 is 0. The van der Waals surface area contributed by atoms with E-state index in [9.17, 15) is 5.11 Å². The highest BCUT2D eigenvalue weighted by atomic mass is 16.3. The second-order valence-electron chi connectivity index (χ2n) is 4.35. The van der Waals surface area contributed by atoms with Crippen LogP contribution in [0.25, 0.3) is 0 Å². The molecule has 1 aliphatic heterocycles. The van der Waals surface area contributed by atoms with E-state index in [2.05, 4.69) is 36.1 Å². The van der Waals surface area contributed by atoms with Gasteiger partial charge in [0.05, 0.1) is 12.6 Å². The average molecular weight is 205 g/mol. The summed E-state index contributed by atoms with van der Waals surface area (Å²) in [6, 6.07) is 8.71. The Morgan fingerprint density at radius 2 is 1.80 bits per heavy atom. The molecule has 1 fully saturated rings. The zero-order valence-corrected chi connectivity index (χ0v) is 9.32. The van der Waals surface area contributed by atoms with Gasteiger partial charge in [0, 0.05) is 0 Å². The fraction of sp³-hybridized carbons (Fsp3) is 0.538. The molecule has 2 rings (SSSR count). The van der Waals surface area contributed by atoms with Gasteiger partial charge in [0.25, 0.3) is 0 Å². The summed E-state index contributed by atoms with van der Waals surface area (Å²) in [5, 5.41) is 9.47. The van der Waals surface area contributed by atoms with Crippen molar-refractivity contribution in [3.8, 4) is 0 Å². The quantitative estimate of drug-likeness (QED) is 0.817. The molecule has 2 nitrogen and oxygen atoms in total. The monoisotopic (exact) mass is 205 g/mol. The Bertz CT molecular complexity index is 301. The second-order valence-corrected chi connectivity index (χ2v) is 4.35. The number of hydrogen-bond acceptors (Lipinski definition) is 2. The van der Waals surface area contributed by atoms with Crippen molar-refractivity contribution in [1.29, 1.82) is 0 Å². The third-order valence-corrected chi connectivity index (χ3v) is 3.22. The van der Waals surface area contributed by atoms with E-state index in [1.54, 1.807) is 0 Å². The largest absolute Gasteiger partial charge is 0.394 e. The molecule has 1 aromatic carbocycles. The summed E-state index contributed by atoms with van der Waals surface area (Å²) >= 11 is 0. The maximum Gasteiger partial charge on any atom is 0.0628 e. The molecule has 1 aromatic rings. The molecule has 0 radical (unpaired) electrons. The molecule has 0 spiro atoms. The van der Waals surface area contributed by atoms with Gasteiger partial charge in [0.15, 0.2) is 0 Å². The SMILES string of the molecule is Cc1ccc(C(CO)N2CCCC2)cc1. The maximum absolute atomic E-state index is 9.47. The molecule has 1 N–H and O–H groups in total. The molecule has 0 aliphatic carbocycles. The number of aliphatic hydroxyl groups is 1. The van der Waals surface area contributed by atoms with Crippen LogP contribution in [-0.4, -0.2) is 29.7 Å². The summed E-state index contributed by atoms with van der Waals surface area (Å²) in [7, 11) is 0. The van der Waals surface area contributed by atoms with E-state index in [-0.39, 0.29) is 12.6 Å². The van der Waals surface area contributed by atoms with Gasteiger partial charge in [0.2, 0.25) is 0 Å². The summed E-state index contributed by atoms with van der Waals surface area (Å²) in [5.41, 5.74) is 2.52. The van der Waals surface area contributed by atoms with E-state index in [4.69, 9.17) is 0 Å². The Hall–Kier alpha value is -0.860. The molecule has 1 heterocycles.